The van der Waals surface area contributed by atoms with E-state index in [-0.39, 0.29) is 0 Å². The molecule has 3 atom stereocenters. The standard InChI is InChI=1S/C16H26BrNS/c1-16(2,3)12-5-6-14(18-4)11(9-12)10-15-13(17)7-8-19-15/h7-8,11-12,14,18H,5-6,9-10H2,1-4H3. The van der Waals surface area contributed by atoms with Gasteiger partial charge in [-0.15, -0.1) is 11.3 Å². The van der Waals surface area contributed by atoms with Crippen LogP contribution in [0, 0.1) is 17.3 Å². The van der Waals surface area contributed by atoms with Crippen LogP contribution in [0.2, 0.25) is 0 Å². The molecule has 0 aromatic carbocycles. The molecule has 1 fully saturated rings. The van der Waals surface area contributed by atoms with Crippen molar-refractivity contribution in [1.29, 1.82) is 0 Å². The molecule has 1 saturated carbocycles. The van der Waals surface area contributed by atoms with Gasteiger partial charge in [-0.1, -0.05) is 20.8 Å². The normalized spacial score (nSPS) is 28.6. The first kappa shape index (κ1) is 15.5. The molecule has 1 aromatic rings. The number of hydrogen-bond acceptors (Lipinski definition) is 2. The van der Waals surface area contributed by atoms with Gasteiger partial charge in [-0.3, -0.25) is 0 Å². The minimum absolute atomic E-state index is 0.448. The Morgan fingerprint density at radius 2 is 2.11 bits per heavy atom. The van der Waals surface area contributed by atoms with Gasteiger partial charge in [0.15, 0.2) is 0 Å². The molecule has 0 amide bonds. The zero-order chi connectivity index (χ0) is 14.0. The van der Waals surface area contributed by atoms with E-state index < -0.39 is 0 Å². The molecule has 2 rings (SSSR count). The molecule has 0 saturated heterocycles. The molecule has 1 aromatic heterocycles. The van der Waals surface area contributed by atoms with Gasteiger partial charge in [0.05, 0.1) is 0 Å². The monoisotopic (exact) mass is 343 g/mol. The zero-order valence-corrected chi connectivity index (χ0v) is 14.9. The fourth-order valence-electron chi connectivity index (χ4n) is 3.37. The van der Waals surface area contributed by atoms with Gasteiger partial charge < -0.3 is 5.32 Å². The second-order valence-electron chi connectivity index (χ2n) is 6.93. The molecule has 0 spiro atoms. The molecule has 3 unspecified atom stereocenters. The smallest absolute Gasteiger partial charge is 0.0314 e. The van der Waals surface area contributed by atoms with Crippen molar-refractivity contribution in [2.75, 3.05) is 7.05 Å². The van der Waals surface area contributed by atoms with Crippen LogP contribution in [0.4, 0.5) is 0 Å². The minimum atomic E-state index is 0.448. The lowest BCUT2D eigenvalue weighted by Gasteiger charge is -2.42. The number of nitrogens with one attached hydrogen (secondary N) is 1. The van der Waals surface area contributed by atoms with Crippen LogP contribution in [0.5, 0.6) is 0 Å². The summed E-state index contributed by atoms with van der Waals surface area (Å²) < 4.78 is 1.30. The molecule has 1 aliphatic rings. The van der Waals surface area contributed by atoms with Crippen molar-refractivity contribution < 1.29 is 0 Å². The van der Waals surface area contributed by atoms with Crippen LogP contribution in [0.3, 0.4) is 0 Å². The third-order valence-electron chi connectivity index (χ3n) is 4.72. The van der Waals surface area contributed by atoms with Gasteiger partial charge in [0.25, 0.3) is 0 Å². The second kappa shape index (κ2) is 6.28. The van der Waals surface area contributed by atoms with Crippen molar-refractivity contribution >= 4 is 27.3 Å². The number of rotatable bonds is 3. The summed E-state index contributed by atoms with van der Waals surface area (Å²) in [6.07, 6.45) is 5.28. The summed E-state index contributed by atoms with van der Waals surface area (Å²) in [5.41, 5.74) is 0.448. The molecule has 108 valence electrons. The molecule has 0 aliphatic heterocycles. The molecule has 1 heterocycles. The van der Waals surface area contributed by atoms with E-state index >= 15 is 0 Å². The summed E-state index contributed by atoms with van der Waals surface area (Å²) in [6, 6.07) is 2.87. The van der Waals surface area contributed by atoms with Gasteiger partial charge in [-0.2, -0.15) is 0 Å². The third-order valence-corrected chi connectivity index (χ3v) is 6.67. The quantitative estimate of drug-likeness (QED) is 0.804. The predicted molar refractivity (Wildman–Crippen MR) is 88.9 cm³/mol. The Morgan fingerprint density at radius 1 is 1.37 bits per heavy atom. The number of hydrogen-bond donors (Lipinski definition) is 1. The fraction of sp³-hybridized carbons (Fsp3) is 0.750. The molecule has 1 nitrogen and oxygen atoms in total. The van der Waals surface area contributed by atoms with Gasteiger partial charge in [0.1, 0.15) is 0 Å². The molecule has 0 radical (unpaired) electrons. The topological polar surface area (TPSA) is 12.0 Å². The van der Waals surface area contributed by atoms with Gasteiger partial charge >= 0.3 is 0 Å². The van der Waals surface area contributed by atoms with Gasteiger partial charge in [0, 0.05) is 15.4 Å². The molecule has 1 N–H and O–H groups in total. The first-order valence-corrected chi connectivity index (χ1v) is 8.98. The van der Waals surface area contributed by atoms with E-state index in [1.807, 2.05) is 11.3 Å². The highest BCUT2D eigenvalue weighted by atomic mass is 79.9. The first-order valence-electron chi connectivity index (χ1n) is 7.31. The van der Waals surface area contributed by atoms with E-state index in [1.165, 1.54) is 35.0 Å². The molecule has 3 heteroatoms. The predicted octanol–water partition coefficient (Wildman–Crippen LogP) is 5.10. The van der Waals surface area contributed by atoms with Crippen LogP contribution < -0.4 is 5.32 Å². The van der Waals surface area contributed by atoms with Crippen LogP contribution in [-0.4, -0.2) is 13.1 Å². The van der Waals surface area contributed by atoms with E-state index in [1.54, 1.807) is 0 Å². The van der Waals surface area contributed by atoms with Crippen LogP contribution >= 0.6 is 27.3 Å². The fourth-order valence-corrected chi connectivity index (χ4v) is 4.97. The zero-order valence-electron chi connectivity index (χ0n) is 12.5. The van der Waals surface area contributed by atoms with Crippen LogP contribution in [0.1, 0.15) is 44.9 Å². The number of thiophene rings is 1. The van der Waals surface area contributed by atoms with Crippen LogP contribution in [0.15, 0.2) is 15.9 Å². The highest BCUT2D eigenvalue weighted by Crippen LogP contribution is 2.42. The van der Waals surface area contributed by atoms with E-state index in [2.05, 4.69) is 60.5 Å². The van der Waals surface area contributed by atoms with Crippen molar-refractivity contribution in [2.24, 2.45) is 17.3 Å². The third kappa shape index (κ3) is 3.83. The summed E-state index contributed by atoms with van der Waals surface area (Å²) in [6.45, 7) is 7.19. The summed E-state index contributed by atoms with van der Waals surface area (Å²) >= 11 is 5.57. The molecule has 0 bridgehead atoms. The Morgan fingerprint density at radius 3 is 2.63 bits per heavy atom. The van der Waals surface area contributed by atoms with Gasteiger partial charge in [-0.25, -0.2) is 0 Å². The number of halogens is 1. The Labute approximate surface area is 130 Å². The van der Waals surface area contributed by atoms with Crippen molar-refractivity contribution in [1.82, 2.24) is 5.32 Å². The molecule has 1 aliphatic carbocycles. The summed E-state index contributed by atoms with van der Waals surface area (Å²) in [4.78, 5) is 1.51. The van der Waals surface area contributed by atoms with E-state index in [0.29, 0.717) is 11.5 Å². The van der Waals surface area contributed by atoms with E-state index in [9.17, 15) is 0 Å². The SMILES string of the molecule is CNC1CCC(C(C)(C)C)CC1Cc1sccc1Br. The second-order valence-corrected chi connectivity index (χ2v) is 8.78. The summed E-state index contributed by atoms with van der Waals surface area (Å²) in [5.74, 6) is 1.64. The average Bonchev–Trinajstić information content (AvgIpc) is 2.74. The van der Waals surface area contributed by atoms with Crippen molar-refractivity contribution in [3.63, 3.8) is 0 Å². The van der Waals surface area contributed by atoms with Crippen LogP contribution in [0.25, 0.3) is 0 Å². The van der Waals surface area contributed by atoms with Crippen LogP contribution in [-0.2, 0) is 6.42 Å². The Hall–Kier alpha value is 0.140. The van der Waals surface area contributed by atoms with Crippen molar-refractivity contribution in [2.45, 2.75) is 52.5 Å². The highest BCUT2D eigenvalue weighted by Gasteiger charge is 2.35. The Bertz CT molecular complexity index is 407. The molecular weight excluding hydrogens is 318 g/mol. The highest BCUT2D eigenvalue weighted by molar-refractivity contribution is 9.10. The maximum atomic E-state index is 3.68. The lowest BCUT2D eigenvalue weighted by atomic mass is 9.67. The maximum absolute atomic E-state index is 3.68. The Kier molecular flexibility index (Phi) is 5.13. The van der Waals surface area contributed by atoms with Crippen molar-refractivity contribution in [3.05, 3.63) is 20.8 Å². The van der Waals surface area contributed by atoms with Gasteiger partial charge in [-0.05, 0) is 77.4 Å². The van der Waals surface area contributed by atoms with E-state index in [0.717, 1.165) is 11.8 Å². The largest absolute Gasteiger partial charge is 0.317 e. The molecular formula is C16H26BrNS. The first-order chi connectivity index (χ1) is 8.91. The lowest BCUT2D eigenvalue weighted by Crippen LogP contribution is -2.42. The summed E-state index contributed by atoms with van der Waals surface area (Å²) in [7, 11) is 2.12. The summed E-state index contributed by atoms with van der Waals surface area (Å²) in [5, 5.41) is 5.74. The average molecular weight is 344 g/mol. The van der Waals surface area contributed by atoms with E-state index in [4.69, 9.17) is 0 Å². The maximum Gasteiger partial charge on any atom is 0.0314 e. The Balaban J connectivity index is 2.08. The van der Waals surface area contributed by atoms with Crippen molar-refractivity contribution in [3.8, 4) is 0 Å². The van der Waals surface area contributed by atoms with Gasteiger partial charge in [0.2, 0.25) is 0 Å². The minimum Gasteiger partial charge on any atom is -0.317 e. The lowest BCUT2D eigenvalue weighted by molar-refractivity contribution is 0.117. The molecule has 19 heavy (non-hydrogen) atoms.